The second kappa shape index (κ2) is 6.40. The number of nitrogens with zero attached hydrogens (tertiary/aromatic N) is 1. The lowest BCUT2D eigenvalue weighted by atomic mass is 10.1. The van der Waals surface area contributed by atoms with Gasteiger partial charge in [-0.1, -0.05) is 44.2 Å². The Kier molecular flexibility index (Phi) is 4.81. The van der Waals surface area contributed by atoms with Gasteiger partial charge in [0, 0.05) is 19.6 Å². The predicted octanol–water partition coefficient (Wildman–Crippen LogP) is 3.10. The molecule has 2 aliphatic rings. The molecule has 3 rings (SSSR count). The zero-order valence-electron chi connectivity index (χ0n) is 12.8. The number of carbonyl (C=O) groups excluding carboxylic acids is 1. The molecule has 0 bridgehead atoms. The molecule has 110 valence electrons. The van der Waals surface area contributed by atoms with Crippen molar-refractivity contribution in [3.8, 4) is 0 Å². The molecular formula is C17H25NO2. The lowest BCUT2D eigenvalue weighted by Gasteiger charge is -2.19. The van der Waals surface area contributed by atoms with E-state index in [0.29, 0.717) is 12.5 Å². The number of hydrogen-bond acceptors (Lipinski definition) is 3. The Hall–Kier alpha value is -1.35. The quantitative estimate of drug-likeness (QED) is 0.791. The molecule has 3 heteroatoms. The second-order valence-corrected chi connectivity index (χ2v) is 5.43. The standard InChI is InChI=1S/C15H19NO2.C2H6/c1-2-18-14(17)15-8-13(15)10-16(11-15)9-12-6-4-3-5-7-12;1-2/h3-7,13H,2,8-11H2,1H3;1-2H3. The monoisotopic (exact) mass is 275 g/mol. The van der Waals surface area contributed by atoms with E-state index in [2.05, 4.69) is 29.2 Å². The van der Waals surface area contributed by atoms with E-state index >= 15 is 0 Å². The van der Waals surface area contributed by atoms with Gasteiger partial charge in [0.1, 0.15) is 0 Å². The third-order valence-electron chi connectivity index (χ3n) is 4.15. The molecule has 3 nitrogen and oxygen atoms in total. The lowest BCUT2D eigenvalue weighted by molar-refractivity contribution is -0.149. The Labute approximate surface area is 121 Å². The first-order valence-electron chi connectivity index (χ1n) is 7.68. The summed E-state index contributed by atoms with van der Waals surface area (Å²) in [6.07, 6.45) is 1.02. The van der Waals surface area contributed by atoms with E-state index < -0.39 is 0 Å². The van der Waals surface area contributed by atoms with Crippen LogP contribution < -0.4 is 0 Å². The van der Waals surface area contributed by atoms with Gasteiger partial charge in [-0.2, -0.15) is 0 Å². The number of esters is 1. The van der Waals surface area contributed by atoms with Crippen LogP contribution in [0, 0.1) is 11.3 Å². The van der Waals surface area contributed by atoms with E-state index in [0.717, 1.165) is 26.1 Å². The molecule has 1 heterocycles. The minimum Gasteiger partial charge on any atom is -0.466 e. The summed E-state index contributed by atoms with van der Waals surface area (Å²) in [7, 11) is 0. The minimum atomic E-state index is -0.162. The van der Waals surface area contributed by atoms with Crippen LogP contribution in [0.25, 0.3) is 0 Å². The van der Waals surface area contributed by atoms with E-state index in [-0.39, 0.29) is 11.4 Å². The average Bonchev–Trinajstić information content (AvgIpc) is 3.06. The lowest BCUT2D eigenvalue weighted by Crippen LogP contribution is -2.29. The highest BCUT2D eigenvalue weighted by atomic mass is 16.5. The normalized spacial score (nSPS) is 27.2. The second-order valence-electron chi connectivity index (χ2n) is 5.43. The molecule has 1 aliphatic carbocycles. The topological polar surface area (TPSA) is 29.5 Å². The summed E-state index contributed by atoms with van der Waals surface area (Å²) < 4.78 is 5.20. The Morgan fingerprint density at radius 2 is 2.05 bits per heavy atom. The van der Waals surface area contributed by atoms with Gasteiger partial charge in [0.15, 0.2) is 0 Å². The van der Waals surface area contributed by atoms with Gasteiger partial charge in [-0.15, -0.1) is 0 Å². The highest BCUT2D eigenvalue weighted by Crippen LogP contribution is 2.58. The Balaban J connectivity index is 0.000000704. The SMILES string of the molecule is CC.CCOC(=O)C12CC1CN(Cc1ccccc1)C2. The molecule has 1 aromatic rings. The van der Waals surface area contributed by atoms with Gasteiger partial charge in [-0.25, -0.2) is 0 Å². The Morgan fingerprint density at radius 1 is 1.35 bits per heavy atom. The third kappa shape index (κ3) is 2.88. The maximum absolute atomic E-state index is 12.0. The molecule has 0 N–H and O–H groups in total. The molecule has 20 heavy (non-hydrogen) atoms. The van der Waals surface area contributed by atoms with E-state index in [9.17, 15) is 4.79 Å². The number of hydrogen-bond donors (Lipinski definition) is 0. The number of ether oxygens (including phenoxy) is 1. The van der Waals surface area contributed by atoms with Crippen LogP contribution >= 0.6 is 0 Å². The molecule has 0 radical (unpaired) electrons. The summed E-state index contributed by atoms with van der Waals surface area (Å²) in [6.45, 7) is 9.21. The summed E-state index contributed by atoms with van der Waals surface area (Å²) in [5.74, 6) is 0.547. The molecule has 1 saturated heterocycles. The highest BCUT2D eigenvalue weighted by Gasteiger charge is 2.65. The van der Waals surface area contributed by atoms with Crippen LogP contribution in [0.5, 0.6) is 0 Å². The van der Waals surface area contributed by atoms with Crippen LogP contribution in [0.3, 0.4) is 0 Å². The number of benzene rings is 1. The van der Waals surface area contributed by atoms with Crippen LogP contribution in [0.2, 0.25) is 0 Å². The molecular weight excluding hydrogens is 250 g/mol. The number of rotatable bonds is 4. The molecule has 0 amide bonds. The van der Waals surface area contributed by atoms with Crippen LogP contribution in [-0.4, -0.2) is 30.6 Å². The van der Waals surface area contributed by atoms with Crippen molar-refractivity contribution in [2.24, 2.45) is 11.3 Å². The maximum Gasteiger partial charge on any atom is 0.313 e. The fourth-order valence-corrected chi connectivity index (χ4v) is 3.14. The predicted molar refractivity (Wildman–Crippen MR) is 80.2 cm³/mol. The van der Waals surface area contributed by atoms with Gasteiger partial charge >= 0.3 is 5.97 Å². The smallest absolute Gasteiger partial charge is 0.313 e. The van der Waals surface area contributed by atoms with Gasteiger partial charge in [0.25, 0.3) is 0 Å². The zero-order chi connectivity index (χ0) is 14.6. The van der Waals surface area contributed by atoms with Gasteiger partial charge < -0.3 is 4.74 Å². The highest BCUT2D eigenvalue weighted by molar-refractivity contribution is 5.81. The van der Waals surface area contributed by atoms with Crippen molar-refractivity contribution in [1.29, 1.82) is 0 Å². The first kappa shape index (κ1) is 15.0. The number of likely N-dealkylation sites (tertiary alicyclic amines) is 1. The fraction of sp³-hybridized carbons (Fsp3) is 0.588. The minimum absolute atomic E-state index is 0.0190. The molecule has 2 unspecified atom stereocenters. The summed E-state index contributed by atoms with van der Waals surface area (Å²) in [5, 5.41) is 0. The molecule has 2 fully saturated rings. The van der Waals surface area contributed by atoms with Crippen LogP contribution in [0.15, 0.2) is 30.3 Å². The molecule has 0 spiro atoms. The largest absolute Gasteiger partial charge is 0.466 e. The molecule has 1 aromatic carbocycles. The Morgan fingerprint density at radius 3 is 2.70 bits per heavy atom. The van der Waals surface area contributed by atoms with Gasteiger partial charge in [-0.3, -0.25) is 9.69 Å². The summed E-state index contributed by atoms with van der Waals surface area (Å²) in [5.41, 5.74) is 1.16. The number of carbonyl (C=O) groups is 1. The van der Waals surface area contributed by atoms with Crippen molar-refractivity contribution in [3.63, 3.8) is 0 Å². The fourth-order valence-electron chi connectivity index (χ4n) is 3.14. The van der Waals surface area contributed by atoms with Crippen LogP contribution in [0.4, 0.5) is 0 Å². The number of piperidine rings is 1. The van der Waals surface area contributed by atoms with Crippen molar-refractivity contribution in [2.75, 3.05) is 19.7 Å². The van der Waals surface area contributed by atoms with Gasteiger partial charge in [0.05, 0.1) is 12.0 Å². The van der Waals surface area contributed by atoms with E-state index in [4.69, 9.17) is 4.74 Å². The van der Waals surface area contributed by atoms with Gasteiger partial charge in [0.2, 0.25) is 0 Å². The number of fused-ring (bicyclic) bond motifs is 1. The van der Waals surface area contributed by atoms with Crippen molar-refractivity contribution in [2.45, 2.75) is 33.7 Å². The average molecular weight is 275 g/mol. The van der Waals surface area contributed by atoms with Gasteiger partial charge in [-0.05, 0) is 24.8 Å². The Bertz CT molecular complexity index is 446. The van der Waals surface area contributed by atoms with E-state index in [1.54, 1.807) is 0 Å². The van der Waals surface area contributed by atoms with Crippen molar-refractivity contribution in [1.82, 2.24) is 4.90 Å². The molecule has 1 aliphatic heterocycles. The van der Waals surface area contributed by atoms with Crippen molar-refractivity contribution in [3.05, 3.63) is 35.9 Å². The maximum atomic E-state index is 12.0. The molecule has 1 saturated carbocycles. The molecule has 0 aromatic heterocycles. The van der Waals surface area contributed by atoms with Crippen molar-refractivity contribution < 1.29 is 9.53 Å². The first-order chi connectivity index (χ1) is 9.74. The van der Waals surface area contributed by atoms with Crippen LogP contribution in [0.1, 0.15) is 32.8 Å². The first-order valence-corrected chi connectivity index (χ1v) is 7.68. The van der Waals surface area contributed by atoms with E-state index in [1.165, 1.54) is 5.56 Å². The van der Waals surface area contributed by atoms with Crippen LogP contribution in [-0.2, 0) is 16.1 Å². The summed E-state index contributed by atoms with van der Waals surface area (Å²) in [6, 6.07) is 10.4. The molecule has 2 atom stereocenters. The zero-order valence-corrected chi connectivity index (χ0v) is 12.8. The van der Waals surface area contributed by atoms with Crippen molar-refractivity contribution >= 4 is 5.97 Å². The summed E-state index contributed by atoms with van der Waals surface area (Å²) in [4.78, 5) is 14.3. The van der Waals surface area contributed by atoms with E-state index in [1.807, 2.05) is 26.8 Å². The third-order valence-corrected chi connectivity index (χ3v) is 4.15. The summed E-state index contributed by atoms with van der Waals surface area (Å²) >= 11 is 0.